The number of aromatic nitrogens is 1. The number of nitriles is 1. The standard InChI is InChI=1S/C15H12ClN3O/c1-19(10-12-4-2-3-11(7-12)9-17)15(20)14-8-13(16)5-6-18-14/h2-8H,10H2,1H3. The highest BCUT2D eigenvalue weighted by atomic mass is 35.5. The number of carbonyl (C=O) groups is 1. The third-order valence-electron chi connectivity index (χ3n) is 2.76. The smallest absolute Gasteiger partial charge is 0.272 e. The lowest BCUT2D eigenvalue weighted by Crippen LogP contribution is -2.27. The lowest BCUT2D eigenvalue weighted by atomic mass is 10.1. The first-order valence-electron chi connectivity index (χ1n) is 5.96. The van der Waals surface area contributed by atoms with E-state index in [2.05, 4.69) is 11.1 Å². The summed E-state index contributed by atoms with van der Waals surface area (Å²) in [6.07, 6.45) is 1.50. The minimum Gasteiger partial charge on any atom is -0.336 e. The van der Waals surface area contributed by atoms with Gasteiger partial charge in [0, 0.05) is 24.8 Å². The highest BCUT2D eigenvalue weighted by Gasteiger charge is 2.13. The Labute approximate surface area is 122 Å². The Hall–Kier alpha value is -2.38. The highest BCUT2D eigenvalue weighted by Crippen LogP contribution is 2.12. The Morgan fingerprint density at radius 1 is 1.40 bits per heavy atom. The minimum atomic E-state index is -0.213. The van der Waals surface area contributed by atoms with Crippen LogP contribution in [0, 0.1) is 11.3 Å². The third kappa shape index (κ3) is 3.34. The Morgan fingerprint density at radius 3 is 2.90 bits per heavy atom. The minimum absolute atomic E-state index is 0.213. The fourth-order valence-corrected chi connectivity index (χ4v) is 1.96. The van der Waals surface area contributed by atoms with Crippen LogP contribution in [-0.2, 0) is 6.54 Å². The Bertz CT molecular complexity index is 679. The van der Waals surface area contributed by atoms with Gasteiger partial charge in [0.1, 0.15) is 5.69 Å². The average molecular weight is 286 g/mol. The fourth-order valence-electron chi connectivity index (χ4n) is 1.80. The van der Waals surface area contributed by atoms with Crippen molar-refractivity contribution in [2.75, 3.05) is 7.05 Å². The van der Waals surface area contributed by atoms with Crippen LogP contribution in [0.4, 0.5) is 0 Å². The Morgan fingerprint density at radius 2 is 2.20 bits per heavy atom. The first kappa shape index (κ1) is 14.0. The molecule has 0 radical (unpaired) electrons. The van der Waals surface area contributed by atoms with E-state index in [4.69, 9.17) is 16.9 Å². The molecule has 1 aromatic heterocycles. The van der Waals surface area contributed by atoms with E-state index in [0.29, 0.717) is 22.8 Å². The zero-order chi connectivity index (χ0) is 14.5. The van der Waals surface area contributed by atoms with Crippen molar-refractivity contribution in [3.63, 3.8) is 0 Å². The van der Waals surface area contributed by atoms with Crippen molar-refractivity contribution in [2.24, 2.45) is 0 Å². The second-order valence-electron chi connectivity index (χ2n) is 4.33. The summed E-state index contributed by atoms with van der Waals surface area (Å²) in [6.45, 7) is 0.405. The molecule has 2 rings (SSSR count). The van der Waals surface area contributed by atoms with Crippen LogP contribution in [0.2, 0.25) is 5.02 Å². The summed E-state index contributed by atoms with van der Waals surface area (Å²) in [5.41, 5.74) is 1.77. The van der Waals surface area contributed by atoms with E-state index in [0.717, 1.165) is 5.56 Å². The van der Waals surface area contributed by atoms with Gasteiger partial charge in [0.2, 0.25) is 0 Å². The molecule has 20 heavy (non-hydrogen) atoms. The molecule has 1 heterocycles. The molecular formula is C15H12ClN3O. The molecule has 0 fully saturated rings. The van der Waals surface area contributed by atoms with Gasteiger partial charge in [0.05, 0.1) is 11.6 Å². The van der Waals surface area contributed by atoms with Gasteiger partial charge in [-0.2, -0.15) is 5.26 Å². The van der Waals surface area contributed by atoms with Crippen molar-refractivity contribution in [3.05, 3.63) is 64.4 Å². The molecule has 0 atom stereocenters. The van der Waals surface area contributed by atoms with Gasteiger partial charge in [0.15, 0.2) is 0 Å². The zero-order valence-electron chi connectivity index (χ0n) is 10.9. The van der Waals surface area contributed by atoms with Crippen molar-refractivity contribution < 1.29 is 4.79 Å². The van der Waals surface area contributed by atoms with Gasteiger partial charge in [-0.15, -0.1) is 0 Å². The quantitative estimate of drug-likeness (QED) is 0.871. The van der Waals surface area contributed by atoms with Gasteiger partial charge in [-0.1, -0.05) is 23.7 Å². The number of rotatable bonds is 3. The Kier molecular flexibility index (Phi) is 4.34. The van der Waals surface area contributed by atoms with E-state index in [1.165, 1.54) is 17.2 Å². The van der Waals surface area contributed by atoms with Gasteiger partial charge in [-0.05, 0) is 29.8 Å². The summed E-state index contributed by atoms with van der Waals surface area (Å²) in [6, 6.07) is 12.4. The van der Waals surface area contributed by atoms with Gasteiger partial charge in [-0.3, -0.25) is 9.78 Å². The number of halogens is 1. The summed E-state index contributed by atoms with van der Waals surface area (Å²) in [4.78, 5) is 17.7. The number of amides is 1. The molecule has 0 aliphatic heterocycles. The predicted octanol–water partition coefficient (Wildman–Crippen LogP) is 2.88. The van der Waals surface area contributed by atoms with Crippen LogP contribution in [0.15, 0.2) is 42.6 Å². The Balaban J connectivity index is 2.13. The number of hydrogen-bond acceptors (Lipinski definition) is 3. The fraction of sp³-hybridized carbons (Fsp3) is 0.133. The van der Waals surface area contributed by atoms with E-state index in [1.54, 1.807) is 31.3 Å². The van der Waals surface area contributed by atoms with E-state index < -0.39 is 0 Å². The van der Waals surface area contributed by atoms with Gasteiger partial charge >= 0.3 is 0 Å². The molecule has 5 heteroatoms. The van der Waals surface area contributed by atoms with Crippen molar-refractivity contribution in [1.29, 1.82) is 5.26 Å². The summed E-state index contributed by atoms with van der Waals surface area (Å²) in [7, 11) is 1.68. The highest BCUT2D eigenvalue weighted by molar-refractivity contribution is 6.30. The molecule has 0 saturated carbocycles. The van der Waals surface area contributed by atoms with Crippen molar-refractivity contribution in [2.45, 2.75) is 6.54 Å². The first-order chi connectivity index (χ1) is 9.60. The van der Waals surface area contributed by atoms with Gasteiger partial charge < -0.3 is 4.90 Å². The SMILES string of the molecule is CN(Cc1cccc(C#N)c1)C(=O)c1cc(Cl)ccn1. The monoisotopic (exact) mass is 285 g/mol. The molecule has 0 aliphatic carbocycles. The molecule has 4 nitrogen and oxygen atoms in total. The summed E-state index contributed by atoms with van der Waals surface area (Å²) in [5, 5.41) is 9.33. The van der Waals surface area contributed by atoms with Crippen LogP contribution in [0.3, 0.4) is 0 Å². The normalized spacial score (nSPS) is 9.85. The van der Waals surface area contributed by atoms with Crippen LogP contribution in [-0.4, -0.2) is 22.8 Å². The number of pyridine rings is 1. The first-order valence-corrected chi connectivity index (χ1v) is 6.34. The molecule has 2 aromatic rings. The number of hydrogen-bond donors (Lipinski definition) is 0. The molecular weight excluding hydrogens is 274 g/mol. The van der Waals surface area contributed by atoms with E-state index in [-0.39, 0.29) is 5.91 Å². The summed E-state index contributed by atoms with van der Waals surface area (Å²) in [5.74, 6) is -0.213. The number of benzene rings is 1. The molecule has 0 saturated heterocycles. The average Bonchev–Trinajstić information content (AvgIpc) is 2.46. The van der Waals surface area contributed by atoms with Crippen molar-refractivity contribution in [3.8, 4) is 6.07 Å². The molecule has 0 aliphatic rings. The second kappa shape index (κ2) is 6.18. The van der Waals surface area contributed by atoms with Crippen molar-refractivity contribution in [1.82, 2.24) is 9.88 Å². The second-order valence-corrected chi connectivity index (χ2v) is 4.77. The molecule has 0 bridgehead atoms. The largest absolute Gasteiger partial charge is 0.336 e. The lowest BCUT2D eigenvalue weighted by molar-refractivity contribution is 0.0779. The van der Waals surface area contributed by atoms with E-state index in [9.17, 15) is 4.79 Å². The number of carbonyl (C=O) groups excluding carboxylic acids is 1. The molecule has 100 valence electrons. The zero-order valence-corrected chi connectivity index (χ0v) is 11.6. The van der Waals surface area contributed by atoms with Crippen LogP contribution in [0.1, 0.15) is 21.6 Å². The van der Waals surface area contributed by atoms with E-state index >= 15 is 0 Å². The maximum atomic E-state index is 12.2. The molecule has 0 N–H and O–H groups in total. The third-order valence-corrected chi connectivity index (χ3v) is 3.00. The van der Waals surface area contributed by atoms with Crippen LogP contribution >= 0.6 is 11.6 Å². The van der Waals surface area contributed by atoms with Crippen LogP contribution < -0.4 is 0 Å². The van der Waals surface area contributed by atoms with Crippen LogP contribution in [0.25, 0.3) is 0 Å². The molecule has 0 unspecified atom stereocenters. The van der Waals surface area contributed by atoms with Gasteiger partial charge in [0.25, 0.3) is 5.91 Å². The van der Waals surface area contributed by atoms with Gasteiger partial charge in [-0.25, -0.2) is 0 Å². The lowest BCUT2D eigenvalue weighted by Gasteiger charge is -2.17. The summed E-state index contributed by atoms with van der Waals surface area (Å²) >= 11 is 5.85. The number of nitrogens with zero attached hydrogens (tertiary/aromatic N) is 3. The molecule has 1 aromatic carbocycles. The van der Waals surface area contributed by atoms with Crippen molar-refractivity contribution >= 4 is 17.5 Å². The maximum Gasteiger partial charge on any atom is 0.272 e. The summed E-state index contributed by atoms with van der Waals surface area (Å²) < 4.78 is 0. The van der Waals surface area contributed by atoms with Crippen LogP contribution in [0.5, 0.6) is 0 Å². The molecule has 0 spiro atoms. The maximum absolute atomic E-state index is 12.2. The topological polar surface area (TPSA) is 57.0 Å². The predicted molar refractivity (Wildman–Crippen MR) is 76.2 cm³/mol. The molecule has 1 amide bonds. The van der Waals surface area contributed by atoms with E-state index in [1.807, 2.05) is 6.07 Å².